The highest BCUT2D eigenvalue weighted by molar-refractivity contribution is 5.62. The number of anilines is 4. The largest absolute Gasteiger partial charge is 0.336 e. The van der Waals surface area contributed by atoms with Crippen molar-refractivity contribution in [3.63, 3.8) is 0 Å². The highest BCUT2D eigenvalue weighted by Crippen LogP contribution is 2.22. The fourth-order valence-electron chi connectivity index (χ4n) is 2.15. The van der Waals surface area contributed by atoms with Gasteiger partial charge in [0.15, 0.2) is 5.82 Å². The smallest absolute Gasteiger partial charge is 0.249 e. The van der Waals surface area contributed by atoms with E-state index in [2.05, 4.69) is 25.8 Å². The van der Waals surface area contributed by atoms with Crippen LogP contribution in [0.5, 0.6) is 0 Å². The van der Waals surface area contributed by atoms with E-state index in [4.69, 9.17) is 0 Å². The van der Waals surface area contributed by atoms with Gasteiger partial charge in [0.1, 0.15) is 11.6 Å². The van der Waals surface area contributed by atoms with E-state index >= 15 is 0 Å². The van der Waals surface area contributed by atoms with Gasteiger partial charge in [-0.2, -0.15) is 10.1 Å². The number of nitrogens with one attached hydrogen (secondary N) is 2. The van der Waals surface area contributed by atoms with Crippen LogP contribution in [0.4, 0.5) is 31.9 Å². The molecule has 0 fully saturated rings. The van der Waals surface area contributed by atoms with Crippen LogP contribution in [0.25, 0.3) is 0 Å². The molecule has 1 heterocycles. The molecule has 24 heavy (non-hydrogen) atoms. The predicted octanol–water partition coefficient (Wildman–Crippen LogP) is 4.25. The summed E-state index contributed by atoms with van der Waals surface area (Å²) in [6.07, 6.45) is 1.36. The first kappa shape index (κ1) is 15.8. The molecular formula is C17H15F2N5. The van der Waals surface area contributed by atoms with Crippen molar-refractivity contribution in [3.8, 4) is 0 Å². The third kappa shape index (κ3) is 3.45. The molecule has 1 aromatic heterocycles. The summed E-state index contributed by atoms with van der Waals surface area (Å²) in [6.45, 7) is 4.00. The zero-order chi connectivity index (χ0) is 17.1. The second-order valence-corrected chi connectivity index (χ2v) is 5.29. The molecule has 2 aromatic carbocycles. The van der Waals surface area contributed by atoms with Gasteiger partial charge in [0, 0.05) is 11.8 Å². The third-order valence-electron chi connectivity index (χ3n) is 3.60. The van der Waals surface area contributed by atoms with Crippen molar-refractivity contribution in [1.82, 2.24) is 15.2 Å². The molecule has 2 N–H and O–H groups in total. The lowest BCUT2D eigenvalue weighted by atomic mass is 10.1. The maximum absolute atomic E-state index is 13.7. The molecule has 0 aliphatic heterocycles. The van der Waals surface area contributed by atoms with Crippen molar-refractivity contribution in [2.75, 3.05) is 10.6 Å². The van der Waals surface area contributed by atoms with E-state index in [-0.39, 0.29) is 11.6 Å². The number of benzene rings is 2. The van der Waals surface area contributed by atoms with E-state index < -0.39 is 11.6 Å². The minimum absolute atomic E-state index is 0.106. The van der Waals surface area contributed by atoms with Gasteiger partial charge in [0.2, 0.25) is 5.95 Å². The zero-order valence-electron chi connectivity index (χ0n) is 13.1. The standard InChI is InChI=1S/C17H15F2N5/c1-10-4-3-5-14(11(10)2)22-17-23-16(9-20-24-17)21-15-7-6-12(18)8-13(15)19/h3-9H,1-2H3,(H2,21,22,23,24). The van der Waals surface area contributed by atoms with Gasteiger partial charge in [-0.1, -0.05) is 12.1 Å². The molecule has 0 aliphatic carbocycles. The summed E-state index contributed by atoms with van der Waals surface area (Å²) >= 11 is 0. The van der Waals surface area contributed by atoms with Gasteiger partial charge in [-0.05, 0) is 43.2 Å². The van der Waals surface area contributed by atoms with E-state index in [0.717, 1.165) is 28.9 Å². The number of aryl methyl sites for hydroxylation is 1. The van der Waals surface area contributed by atoms with Crippen LogP contribution in [-0.4, -0.2) is 15.2 Å². The molecule has 5 nitrogen and oxygen atoms in total. The summed E-state index contributed by atoms with van der Waals surface area (Å²) in [6, 6.07) is 9.10. The first-order chi connectivity index (χ1) is 11.5. The molecule has 3 aromatic rings. The van der Waals surface area contributed by atoms with Crippen molar-refractivity contribution in [2.45, 2.75) is 13.8 Å². The Balaban J connectivity index is 1.82. The molecule has 7 heteroatoms. The summed E-state index contributed by atoms with van der Waals surface area (Å²) in [7, 11) is 0. The highest BCUT2D eigenvalue weighted by Gasteiger charge is 2.08. The number of hydrogen-bond acceptors (Lipinski definition) is 5. The van der Waals surface area contributed by atoms with Crippen molar-refractivity contribution in [1.29, 1.82) is 0 Å². The van der Waals surface area contributed by atoms with Gasteiger partial charge >= 0.3 is 0 Å². The van der Waals surface area contributed by atoms with E-state index in [1.54, 1.807) is 0 Å². The van der Waals surface area contributed by atoms with Crippen molar-refractivity contribution in [2.24, 2.45) is 0 Å². The van der Waals surface area contributed by atoms with Gasteiger partial charge in [-0.25, -0.2) is 8.78 Å². The fourth-order valence-corrected chi connectivity index (χ4v) is 2.15. The monoisotopic (exact) mass is 327 g/mol. The zero-order valence-corrected chi connectivity index (χ0v) is 13.1. The molecule has 3 rings (SSSR count). The molecule has 122 valence electrons. The molecule has 0 saturated carbocycles. The minimum atomic E-state index is -0.711. The Morgan fingerprint density at radius 2 is 1.79 bits per heavy atom. The Labute approximate surface area is 137 Å². The quantitative estimate of drug-likeness (QED) is 0.750. The Bertz CT molecular complexity index is 883. The van der Waals surface area contributed by atoms with Crippen LogP contribution in [-0.2, 0) is 0 Å². The fraction of sp³-hybridized carbons (Fsp3) is 0.118. The maximum atomic E-state index is 13.7. The molecule has 0 saturated heterocycles. The summed E-state index contributed by atoms with van der Waals surface area (Å²) in [5.74, 6) is -0.784. The number of rotatable bonds is 4. The molecule has 0 spiro atoms. The summed E-state index contributed by atoms with van der Waals surface area (Å²) in [5, 5.41) is 13.6. The van der Waals surface area contributed by atoms with Gasteiger partial charge < -0.3 is 10.6 Å². The van der Waals surface area contributed by atoms with E-state index in [1.165, 1.54) is 12.3 Å². The lowest BCUT2D eigenvalue weighted by Gasteiger charge is -2.11. The van der Waals surface area contributed by atoms with Crippen LogP contribution in [0.1, 0.15) is 11.1 Å². The Morgan fingerprint density at radius 1 is 0.958 bits per heavy atom. The van der Waals surface area contributed by atoms with Crippen molar-refractivity contribution < 1.29 is 8.78 Å². The van der Waals surface area contributed by atoms with Gasteiger partial charge in [0.05, 0.1) is 11.9 Å². The molecule has 0 radical (unpaired) electrons. The number of hydrogen-bond donors (Lipinski definition) is 2. The normalized spacial score (nSPS) is 10.5. The van der Waals surface area contributed by atoms with Crippen molar-refractivity contribution in [3.05, 3.63) is 65.4 Å². The van der Waals surface area contributed by atoms with Crippen LogP contribution in [0, 0.1) is 25.5 Å². The molecule has 0 unspecified atom stereocenters. The Kier molecular flexibility index (Phi) is 4.33. The van der Waals surface area contributed by atoms with Crippen molar-refractivity contribution >= 4 is 23.1 Å². The Morgan fingerprint density at radius 3 is 2.58 bits per heavy atom. The SMILES string of the molecule is Cc1cccc(Nc2nncc(Nc3ccc(F)cc3F)n2)c1C. The highest BCUT2D eigenvalue weighted by atomic mass is 19.1. The summed E-state index contributed by atoms with van der Waals surface area (Å²) in [4.78, 5) is 4.24. The Hall–Kier alpha value is -3.09. The summed E-state index contributed by atoms with van der Waals surface area (Å²) < 4.78 is 26.6. The third-order valence-corrected chi connectivity index (χ3v) is 3.60. The topological polar surface area (TPSA) is 62.7 Å². The van der Waals surface area contributed by atoms with E-state index in [9.17, 15) is 8.78 Å². The minimum Gasteiger partial charge on any atom is -0.336 e. The van der Waals surface area contributed by atoms with Gasteiger partial charge in [-0.3, -0.25) is 0 Å². The van der Waals surface area contributed by atoms with Crippen LogP contribution in [0.3, 0.4) is 0 Å². The van der Waals surface area contributed by atoms with E-state index in [0.29, 0.717) is 5.82 Å². The van der Waals surface area contributed by atoms with Crippen LogP contribution < -0.4 is 10.6 Å². The van der Waals surface area contributed by atoms with Crippen LogP contribution >= 0.6 is 0 Å². The second kappa shape index (κ2) is 6.57. The summed E-state index contributed by atoms with van der Waals surface area (Å²) in [5.41, 5.74) is 3.18. The van der Waals surface area contributed by atoms with Crippen LogP contribution in [0.2, 0.25) is 0 Å². The van der Waals surface area contributed by atoms with Gasteiger partial charge in [0.25, 0.3) is 0 Å². The average Bonchev–Trinajstić information content (AvgIpc) is 2.55. The molecule has 0 amide bonds. The first-order valence-electron chi connectivity index (χ1n) is 7.28. The van der Waals surface area contributed by atoms with Crippen LogP contribution in [0.15, 0.2) is 42.6 Å². The second-order valence-electron chi connectivity index (χ2n) is 5.29. The first-order valence-corrected chi connectivity index (χ1v) is 7.28. The molecule has 0 bridgehead atoms. The average molecular weight is 327 g/mol. The maximum Gasteiger partial charge on any atom is 0.249 e. The molecule has 0 aliphatic rings. The number of aromatic nitrogens is 3. The van der Waals surface area contributed by atoms with Gasteiger partial charge in [-0.15, -0.1) is 5.10 Å². The lowest BCUT2D eigenvalue weighted by Crippen LogP contribution is -2.04. The number of nitrogens with zero attached hydrogens (tertiary/aromatic N) is 3. The molecular weight excluding hydrogens is 312 g/mol. The number of halogens is 2. The molecule has 0 atom stereocenters. The predicted molar refractivity (Wildman–Crippen MR) is 88.7 cm³/mol. The van der Waals surface area contributed by atoms with E-state index in [1.807, 2.05) is 32.0 Å². The lowest BCUT2D eigenvalue weighted by molar-refractivity contribution is 0.586.